The molecule has 0 spiro atoms. The zero-order valence-corrected chi connectivity index (χ0v) is 17.9. The highest BCUT2D eigenvalue weighted by molar-refractivity contribution is 6.33. The van der Waals surface area contributed by atoms with Gasteiger partial charge in [-0.05, 0) is 43.7 Å². The van der Waals surface area contributed by atoms with Gasteiger partial charge in [-0.2, -0.15) is 10.2 Å². The maximum atomic E-state index is 13.9. The summed E-state index contributed by atoms with van der Waals surface area (Å²) in [5.41, 5.74) is 3.93. The molecule has 158 valence electrons. The van der Waals surface area contributed by atoms with Crippen molar-refractivity contribution in [2.75, 3.05) is 5.32 Å². The molecule has 2 aromatic carbocycles. The van der Waals surface area contributed by atoms with Gasteiger partial charge in [0.25, 0.3) is 5.91 Å². The third-order valence-electron chi connectivity index (χ3n) is 4.86. The molecular formula is C23H21ClFN5O. The first-order chi connectivity index (χ1) is 14.9. The minimum atomic E-state index is -0.326. The number of halogens is 2. The topological polar surface area (TPSA) is 64.7 Å². The lowest BCUT2D eigenvalue weighted by Crippen LogP contribution is -2.14. The van der Waals surface area contributed by atoms with Crippen LogP contribution in [0.1, 0.15) is 32.9 Å². The lowest BCUT2D eigenvalue weighted by Gasteiger charge is -2.08. The van der Waals surface area contributed by atoms with E-state index in [0.29, 0.717) is 17.7 Å². The maximum Gasteiger partial charge on any atom is 0.256 e. The van der Waals surface area contributed by atoms with E-state index in [0.717, 1.165) is 17.0 Å². The fourth-order valence-corrected chi connectivity index (χ4v) is 3.56. The van der Waals surface area contributed by atoms with E-state index in [1.165, 1.54) is 10.7 Å². The molecule has 0 aliphatic carbocycles. The van der Waals surface area contributed by atoms with Crippen molar-refractivity contribution in [1.82, 2.24) is 19.6 Å². The highest BCUT2D eigenvalue weighted by Crippen LogP contribution is 2.21. The van der Waals surface area contributed by atoms with Crippen LogP contribution in [-0.2, 0) is 13.1 Å². The van der Waals surface area contributed by atoms with Crippen molar-refractivity contribution >= 4 is 23.3 Å². The van der Waals surface area contributed by atoms with E-state index in [2.05, 4.69) is 15.5 Å². The summed E-state index contributed by atoms with van der Waals surface area (Å²) in [6.07, 6.45) is 1.56. The largest absolute Gasteiger partial charge is 0.304 e. The Balaban J connectivity index is 1.48. The SMILES string of the molecule is Cc1cc(C)n(Cc2cccc(C(=O)Nc3nn(Cc4ccccc4F)cc3Cl)c2)n1. The minimum Gasteiger partial charge on any atom is -0.304 e. The average molecular weight is 438 g/mol. The Morgan fingerprint density at radius 2 is 1.87 bits per heavy atom. The number of carbonyl (C=O) groups excluding carboxylic acids is 1. The van der Waals surface area contributed by atoms with Gasteiger partial charge >= 0.3 is 0 Å². The van der Waals surface area contributed by atoms with E-state index in [1.807, 2.05) is 42.8 Å². The number of hydrogen-bond donors (Lipinski definition) is 1. The molecule has 0 bridgehead atoms. The van der Waals surface area contributed by atoms with Crippen LogP contribution in [0.3, 0.4) is 0 Å². The highest BCUT2D eigenvalue weighted by atomic mass is 35.5. The van der Waals surface area contributed by atoms with Gasteiger partial charge < -0.3 is 5.32 Å². The smallest absolute Gasteiger partial charge is 0.256 e. The number of rotatable bonds is 6. The van der Waals surface area contributed by atoms with Gasteiger partial charge in [0.05, 0.1) is 18.8 Å². The van der Waals surface area contributed by atoms with Gasteiger partial charge in [0.1, 0.15) is 10.8 Å². The van der Waals surface area contributed by atoms with E-state index in [-0.39, 0.29) is 29.1 Å². The molecule has 0 saturated heterocycles. The number of amides is 1. The molecule has 0 radical (unpaired) electrons. The first-order valence-electron chi connectivity index (χ1n) is 9.77. The molecule has 0 fully saturated rings. The summed E-state index contributed by atoms with van der Waals surface area (Å²) in [4.78, 5) is 12.8. The van der Waals surface area contributed by atoms with Crippen LogP contribution in [0.4, 0.5) is 10.2 Å². The number of aromatic nitrogens is 4. The van der Waals surface area contributed by atoms with Crippen LogP contribution < -0.4 is 5.32 Å². The second kappa shape index (κ2) is 8.73. The summed E-state index contributed by atoms with van der Waals surface area (Å²) in [7, 11) is 0. The third-order valence-corrected chi connectivity index (χ3v) is 5.14. The van der Waals surface area contributed by atoms with Gasteiger partial charge in [0.15, 0.2) is 5.82 Å². The maximum absolute atomic E-state index is 13.9. The van der Waals surface area contributed by atoms with Gasteiger partial charge in [-0.3, -0.25) is 14.2 Å². The fourth-order valence-electron chi connectivity index (χ4n) is 3.36. The van der Waals surface area contributed by atoms with Gasteiger partial charge in [-0.15, -0.1) is 0 Å². The van der Waals surface area contributed by atoms with Gasteiger partial charge in [0.2, 0.25) is 0 Å². The van der Waals surface area contributed by atoms with Crippen LogP contribution in [0.2, 0.25) is 5.02 Å². The molecule has 1 amide bonds. The van der Waals surface area contributed by atoms with Gasteiger partial charge in [-0.25, -0.2) is 4.39 Å². The molecule has 0 aliphatic rings. The van der Waals surface area contributed by atoms with Gasteiger partial charge in [-0.1, -0.05) is 41.9 Å². The molecule has 0 atom stereocenters. The monoisotopic (exact) mass is 437 g/mol. The molecule has 8 heteroatoms. The average Bonchev–Trinajstić information content (AvgIpc) is 3.24. The van der Waals surface area contributed by atoms with Crippen LogP contribution in [0.5, 0.6) is 0 Å². The standard InChI is InChI=1S/C23H21ClFN5O/c1-15-10-16(2)30(27-15)12-17-6-5-8-18(11-17)23(31)26-22-20(24)14-29(28-22)13-19-7-3-4-9-21(19)25/h3-11,14H,12-13H2,1-2H3,(H,26,28,31). The zero-order chi connectivity index (χ0) is 22.0. The number of aryl methyl sites for hydroxylation is 2. The summed E-state index contributed by atoms with van der Waals surface area (Å²) >= 11 is 6.24. The number of anilines is 1. The van der Waals surface area contributed by atoms with Crippen LogP contribution >= 0.6 is 11.6 Å². The molecule has 0 unspecified atom stereocenters. The molecule has 31 heavy (non-hydrogen) atoms. The minimum absolute atomic E-state index is 0.209. The Bertz CT molecular complexity index is 1250. The van der Waals surface area contributed by atoms with Crippen molar-refractivity contribution in [3.63, 3.8) is 0 Å². The molecule has 6 nitrogen and oxygen atoms in total. The summed E-state index contributed by atoms with van der Waals surface area (Å²) in [6, 6.07) is 15.8. The first-order valence-corrected chi connectivity index (χ1v) is 10.1. The second-order valence-corrected chi connectivity index (χ2v) is 7.76. The Labute approximate surface area is 184 Å². The van der Waals surface area contributed by atoms with Crippen LogP contribution in [0, 0.1) is 19.7 Å². The summed E-state index contributed by atoms with van der Waals surface area (Å²) in [6.45, 7) is 4.72. The van der Waals surface area contributed by atoms with Crippen molar-refractivity contribution in [2.45, 2.75) is 26.9 Å². The lowest BCUT2D eigenvalue weighted by atomic mass is 10.1. The van der Waals surface area contributed by atoms with Crippen molar-refractivity contribution < 1.29 is 9.18 Å². The number of nitrogens with zero attached hydrogens (tertiary/aromatic N) is 4. The quantitative estimate of drug-likeness (QED) is 0.469. The van der Waals surface area contributed by atoms with Crippen molar-refractivity contribution in [3.8, 4) is 0 Å². The Kier molecular flexibility index (Phi) is 5.86. The summed E-state index contributed by atoms with van der Waals surface area (Å²) in [5.74, 6) is -0.417. The molecule has 2 heterocycles. The van der Waals surface area contributed by atoms with Crippen LogP contribution in [-0.4, -0.2) is 25.5 Å². The Morgan fingerprint density at radius 3 is 2.61 bits per heavy atom. The third kappa shape index (κ3) is 4.83. The predicted molar refractivity (Wildman–Crippen MR) is 118 cm³/mol. The van der Waals surface area contributed by atoms with Crippen molar-refractivity contribution in [1.29, 1.82) is 0 Å². The van der Waals surface area contributed by atoms with Crippen LogP contribution in [0.15, 0.2) is 60.8 Å². The molecular weight excluding hydrogens is 417 g/mol. The number of hydrogen-bond acceptors (Lipinski definition) is 3. The van der Waals surface area contributed by atoms with E-state index in [1.54, 1.807) is 30.5 Å². The van der Waals surface area contributed by atoms with Crippen molar-refractivity contribution in [3.05, 3.63) is 99.7 Å². The van der Waals surface area contributed by atoms with Gasteiger partial charge in [0, 0.05) is 23.0 Å². The fraction of sp³-hybridized carbons (Fsp3) is 0.174. The zero-order valence-electron chi connectivity index (χ0n) is 17.1. The van der Waals surface area contributed by atoms with Crippen molar-refractivity contribution in [2.24, 2.45) is 0 Å². The first kappa shape index (κ1) is 20.8. The second-order valence-electron chi connectivity index (χ2n) is 7.35. The lowest BCUT2D eigenvalue weighted by molar-refractivity contribution is 0.102. The Hall–Kier alpha value is -3.45. The molecule has 0 saturated carbocycles. The summed E-state index contributed by atoms with van der Waals surface area (Å²) in [5, 5.41) is 11.8. The highest BCUT2D eigenvalue weighted by Gasteiger charge is 2.14. The molecule has 0 aliphatic heterocycles. The van der Waals surface area contributed by atoms with Crippen LogP contribution in [0.25, 0.3) is 0 Å². The van der Waals surface area contributed by atoms with E-state index >= 15 is 0 Å². The number of nitrogens with one attached hydrogen (secondary N) is 1. The number of carbonyl (C=O) groups is 1. The molecule has 4 rings (SSSR count). The predicted octanol–water partition coefficient (Wildman–Crippen LogP) is 4.84. The number of benzene rings is 2. The molecule has 1 N–H and O–H groups in total. The van der Waals surface area contributed by atoms with E-state index < -0.39 is 0 Å². The Morgan fingerprint density at radius 1 is 1.06 bits per heavy atom. The molecule has 4 aromatic rings. The van der Waals surface area contributed by atoms with E-state index in [4.69, 9.17) is 11.6 Å². The van der Waals surface area contributed by atoms with E-state index in [9.17, 15) is 9.18 Å². The normalized spacial score (nSPS) is 11.0. The molecule has 2 aromatic heterocycles. The summed E-state index contributed by atoms with van der Waals surface area (Å²) < 4.78 is 17.3.